The van der Waals surface area contributed by atoms with Gasteiger partial charge in [-0.3, -0.25) is 19.9 Å². The molecule has 74 valence electrons. The van der Waals surface area contributed by atoms with Crippen LogP contribution in [0.3, 0.4) is 0 Å². The zero-order chi connectivity index (χ0) is 9.80. The lowest BCUT2D eigenvalue weighted by Gasteiger charge is -2.07. The smallest absolute Gasteiger partial charge is 0.263 e. The molecule has 1 aromatic rings. The van der Waals surface area contributed by atoms with Crippen LogP contribution in [-0.4, -0.2) is 23.5 Å². The number of nitrogens with zero attached hydrogens (tertiary/aromatic N) is 1. The minimum Gasteiger partial charge on any atom is -0.300 e. The second kappa shape index (κ2) is 4.17. The molecule has 0 aliphatic carbocycles. The summed E-state index contributed by atoms with van der Waals surface area (Å²) < 4.78 is 0. The van der Waals surface area contributed by atoms with Crippen LogP contribution in [0.5, 0.6) is 0 Å². The number of pyridine rings is 1. The van der Waals surface area contributed by atoms with Crippen LogP contribution in [0.4, 0.5) is 0 Å². The van der Waals surface area contributed by atoms with Gasteiger partial charge in [-0.2, -0.15) is 0 Å². The highest BCUT2D eigenvalue weighted by Crippen LogP contribution is 1.99. The summed E-state index contributed by atoms with van der Waals surface area (Å²) in [4.78, 5) is 19.8. The Bertz CT molecular complexity index is 315. The summed E-state index contributed by atoms with van der Waals surface area (Å²) in [6.07, 6.45) is 3.45. The number of hydroxylamine groups is 1. The molecular formula is C9H11N3O2. The highest BCUT2D eigenvalue weighted by molar-refractivity contribution is 5.82. The van der Waals surface area contributed by atoms with E-state index in [1.165, 1.54) is 0 Å². The molecule has 1 saturated heterocycles. The van der Waals surface area contributed by atoms with Crippen LogP contribution < -0.4 is 10.8 Å². The van der Waals surface area contributed by atoms with E-state index in [1.54, 1.807) is 12.4 Å². The molecule has 2 N–H and O–H groups in total. The van der Waals surface area contributed by atoms with Crippen molar-refractivity contribution in [2.45, 2.75) is 12.6 Å². The normalized spacial score (nSPS) is 20.9. The number of amides is 1. The lowest BCUT2D eigenvalue weighted by Crippen LogP contribution is -2.37. The molecule has 0 radical (unpaired) electrons. The molecule has 1 amide bonds. The van der Waals surface area contributed by atoms with E-state index in [0.29, 0.717) is 13.2 Å². The van der Waals surface area contributed by atoms with E-state index in [2.05, 4.69) is 15.8 Å². The third kappa shape index (κ3) is 2.07. The molecule has 1 atom stereocenters. The van der Waals surface area contributed by atoms with Crippen molar-refractivity contribution >= 4 is 5.91 Å². The second-order valence-electron chi connectivity index (χ2n) is 3.07. The van der Waals surface area contributed by atoms with Gasteiger partial charge in [0, 0.05) is 18.9 Å². The van der Waals surface area contributed by atoms with Gasteiger partial charge in [0.25, 0.3) is 5.91 Å². The van der Waals surface area contributed by atoms with Crippen LogP contribution in [0.1, 0.15) is 5.56 Å². The second-order valence-corrected chi connectivity index (χ2v) is 3.07. The standard InChI is InChI=1S/C9H11N3O2/c13-9-8(6-14-12-9)11-5-7-1-3-10-4-2-7/h1-4,8,11H,5-6H2,(H,12,13). The number of nitrogens with one attached hydrogen (secondary N) is 2. The Morgan fingerprint density at radius 3 is 3.00 bits per heavy atom. The molecule has 1 aliphatic rings. The third-order valence-corrected chi connectivity index (χ3v) is 2.04. The molecular weight excluding hydrogens is 182 g/mol. The predicted octanol–water partition coefficient (Wildman–Crippen LogP) is -0.399. The van der Waals surface area contributed by atoms with E-state index in [0.717, 1.165) is 5.56 Å². The van der Waals surface area contributed by atoms with Crippen LogP contribution in [-0.2, 0) is 16.2 Å². The van der Waals surface area contributed by atoms with E-state index in [1.807, 2.05) is 12.1 Å². The molecule has 0 saturated carbocycles. The Morgan fingerprint density at radius 2 is 2.36 bits per heavy atom. The summed E-state index contributed by atoms with van der Waals surface area (Å²) in [5, 5.41) is 3.08. The predicted molar refractivity (Wildman–Crippen MR) is 49.0 cm³/mol. The summed E-state index contributed by atoms with van der Waals surface area (Å²) >= 11 is 0. The van der Waals surface area contributed by atoms with Gasteiger partial charge in [-0.15, -0.1) is 0 Å². The van der Waals surface area contributed by atoms with E-state index < -0.39 is 0 Å². The van der Waals surface area contributed by atoms with Crippen LogP contribution in [0.25, 0.3) is 0 Å². The van der Waals surface area contributed by atoms with Crippen LogP contribution in [0.2, 0.25) is 0 Å². The Hall–Kier alpha value is -1.46. The first kappa shape index (κ1) is 9.11. The maximum Gasteiger partial charge on any atom is 0.263 e. The van der Waals surface area contributed by atoms with Crippen molar-refractivity contribution in [2.24, 2.45) is 0 Å². The van der Waals surface area contributed by atoms with E-state index in [4.69, 9.17) is 4.84 Å². The van der Waals surface area contributed by atoms with Crippen LogP contribution in [0.15, 0.2) is 24.5 Å². The molecule has 1 unspecified atom stereocenters. The minimum absolute atomic E-state index is 0.112. The number of carbonyl (C=O) groups is 1. The van der Waals surface area contributed by atoms with Crippen molar-refractivity contribution in [1.82, 2.24) is 15.8 Å². The third-order valence-electron chi connectivity index (χ3n) is 2.04. The fourth-order valence-electron chi connectivity index (χ4n) is 1.24. The quantitative estimate of drug-likeness (QED) is 0.685. The van der Waals surface area contributed by atoms with Crippen LogP contribution in [0, 0.1) is 0 Å². The molecule has 5 nitrogen and oxygen atoms in total. The summed E-state index contributed by atoms with van der Waals surface area (Å²) in [5.41, 5.74) is 3.39. The number of aromatic nitrogens is 1. The van der Waals surface area contributed by atoms with Crippen molar-refractivity contribution in [3.63, 3.8) is 0 Å². The Kier molecular flexibility index (Phi) is 2.71. The Labute approximate surface area is 81.4 Å². The molecule has 0 aromatic carbocycles. The highest BCUT2D eigenvalue weighted by Gasteiger charge is 2.24. The maximum atomic E-state index is 11.1. The Balaban J connectivity index is 1.85. The number of rotatable bonds is 3. The fraction of sp³-hybridized carbons (Fsp3) is 0.333. The molecule has 14 heavy (non-hydrogen) atoms. The van der Waals surface area contributed by atoms with Gasteiger partial charge >= 0.3 is 0 Å². The molecule has 1 aliphatic heterocycles. The molecule has 1 fully saturated rings. The zero-order valence-electron chi connectivity index (χ0n) is 7.56. The molecule has 0 spiro atoms. The largest absolute Gasteiger partial charge is 0.300 e. The molecule has 2 heterocycles. The van der Waals surface area contributed by atoms with Crippen molar-refractivity contribution in [2.75, 3.05) is 6.61 Å². The first-order chi connectivity index (χ1) is 6.86. The van der Waals surface area contributed by atoms with Crippen molar-refractivity contribution in [1.29, 1.82) is 0 Å². The first-order valence-electron chi connectivity index (χ1n) is 4.40. The van der Waals surface area contributed by atoms with E-state index in [-0.39, 0.29) is 11.9 Å². The molecule has 2 rings (SSSR count). The van der Waals surface area contributed by atoms with E-state index >= 15 is 0 Å². The maximum absolute atomic E-state index is 11.1. The van der Waals surface area contributed by atoms with Crippen LogP contribution >= 0.6 is 0 Å². The average Bonchev–Trinajstić information content (AvgIpc) is 2.63. The molecule has 5 heteroatoms. The van der Waals surface area contributed by atoms with Gasteiger partial charge in [-0.1, -0.05) is 0 Å². The lowest BCUT2D eigenvalue weighted by molar-refractivity contribution is -0.125. The number of carbonyl (C=O) groups excluding carboxylic acids is 1. The SMILES string of the molecule is O=C1NOCC1NCc1ccncc1. The summed E-state index contributed by atoms with van der Waals surface area (Å²) in [6.45, 7) is 1.02. The van der Waals surface area contributed by atoms with Crippen molar-refractivity contribution in [3.8, 4) is 0 Å². The average molecular weight is 193 g/mol. The summed E-state index contributed by atoms with van der Waals surface area (Å²) in [5.74, 6) is -0.112. The monoisotopic (exact) mass is 193 g/mol. The van der Waals surface area contributed by atoms with E-state index in [9.17, 15) is 4.79 Å². The minimum atomic E-state index is -0.247. The summed E-state index contributed by atoms with van der Waals surface area (Å²) in [6, 6.07) is 3.56. The topological polar surface area (TPSA) is 63.2 Å². The van der Waals surface area contributed by atoms with Gasteiger partial charge in [-0.25, -0.2) is 5.48 Å². The Morgan fingerprint density at radius 1 is 1.57 bits per heavy atom. The first-order valence-corrected chi connectivity index (χ1v) is 4.40. The zero-order valence-corrected chi connectivity index (χ0v) is 7.56. The molecule has 0 bridgehead atoms. The van der Waals surface area contributed by atoms with Gasteiger partial charge in [0.05, 0.1) is 6.61 Å². The highest BCUT2D eigenvalue weighted by atomic mass is 16.7. The molecule has 1 aromatic heterocycles. The van der Waals surface area contributed by atoms with Crippen molar-refractivity contribution in [3.05, 3.63) is 30.1 Å². The summed E-state index contributed by atoms with van der Waals surface area (Å²) in [7, 11) is 0. The fourth-order valence-corrected chi connectivity index (χ4v) is 1.24. The van der Waals surface area contributed by atoms with Gasteiger partial charge in [0.2, 0.25) is 0 Å². The number of hydrogen-bond acceptors (Lipinski definition) is 4. The van der Waals surface area contributed by atoms with Gasteiger partial charge in [0.1, 0.15) is 6.04 Å². The van der Waals surface area contributed by atoms with Gasteiger partial charge < -0.3 is 0 Å². The van der Waals surface area contributed by atoms with Gasteiger partial charge in [0.15, 0.2) is 0 Å². The lowest BCUT2D eigenvalue weighted by atomic mass is 10.2. The number of hydrogen-bond donors (Lipinski definition) is 2. The van der Waals surface area contributed by atoms with Crippen molar-refractivity contribution < 1.29 is 9.63 Å². The van der Waals surface area contributed by atoms with Gasteiger partial charge in [-0.05, 0) is 17.7 Å².